The molecule has 0 bridgehead atoms. The molecule has 30 heavy (non-hydrogen) atoms. The van der Waals surface area contributed by atoms with Crippen molar-refractivity contribution in [1.29, 1.82) is 0 Å². The van der Waals surface area contributed by atoms with Gasteiger partial charge in [-0.1, -0.05) is 12.1 Å². The van der Waals surface area contributed by atoms with E-state index in [0.717, 1.165) is 18.4 Å². The number of unbranched alkanes of at least 4 members (excludes halogenated alkanes) is 1. The number of piperazine rings is 2. The van der Waals surface area contributed by atoms with Crippen molar-refractivity contribution in [1.82, 2.24) is 24.9 Å². The van der Waals surface area contributed by atoms with Gasteiger partial charge in [0.25, 0.3) is 0 Å². The topological polar surface area (TPSA) is 96.5 Å². The van der Waals surface area contributed by atoms with Crippen molar-refractivity contribution in [3.8, 4) is 5.69 Å². The molecule has 160 valence electrons. The van der Waals surface area contributed by atoms with E-state index in [4.69, 9.17) is 5.73 Å². The Morgan fingerprint density at radius 1 is 1.20 bits per heavy atom. The fraction of sp³-hybridized carbons (Fsp3) is 0.476. The van der Waals surface area contributed by atoms with E-state index in [1.807, 2.05) is 0 Å². The van der Waals surface area contributed by atoms with E-state index in [-0.39, 0.29) is 17.6 Å². The fourth-order valence-electron chi connectivity index (χ4n) is 4.16. The van der Waals surface area contributed by atoms with Crippen LogP contribution in [0.5, 0.6) is 0 Å². The number of hydrogen-bond acceptors (Lipinski definition) is 5. The van der Waals surface area contributed by atoms with Crippen molar-refractivity contribution in [2.45, 2.75) is 37.9 Å². The lowest BCUT2D eigenvalue weighted by atomic mass is 10.00. The number of carbonyl (C=O) groups excluding carboxylic acids is 2. The van der Waals surface area contributed by atoms with Crippen LogP contribution in [-0.4, -0.2) is 69.7 Å². The Balaban J connectivity index is 1.38. The number of nitrogens with zero attached hydrogens (tertiary/aromatic N) is 4. The van der Waals surface area contributed by atoms with E-state index in [1.54, 1.807) is 35.5 Å². The largest absolute Gasteiger partial charge is 0.342 e. The number of carbonyl (C=O) groups is 2. The molecule has 2 atom stereocenters. The second kappa shape index (κ2) is 8.93. The summed E-state index contributed by atoms with van der Waals surface area (Å²) in [6.07, 6.45) is 5.80. The highest BCUT2D eigenvalue weighted by molar-refractivity contribution is 5.97. The first-order valence-corrected chi connectivity index (χ1v) is 10.4. The van der Waals surface area contributed by atoms with Gasteiger partial charge >= 0.3 is 0 Å². The van der Waals surface area contributed by atoms with Gasteiger partial charge in [-0.05, 0) is 37.9 Å². The summed E-state index contributed by atoms with van der Waals surface area (Å²) in [4.78, 5) is 29.2. The Bertz CT molecular complexity index is 916. The molecule has 1 aromatic heterocycles. The quantitative estimate of drug-likeness (QED) is 0.649. The van der Waals surface area contributed by atoms with Crippen molar-refractivity contribution in [3.05, 3.63) is 48.0 Å². The first kappa shape index (κ1) is 20.5. The molecule has 2 aliphatic heterocycles. The van der Waals surface area contributed by atoms with Gasteiger partial charge in [0.1, 0.15) is 23.6 Å². The average Bonchev–Trinajstić information content (AvgIpc) is 3.20. The second-order valence-corrected chi connectivity index (χ2v) is 7.87. The van der Waals surface area contributed by atoms with Crippen molar-refractivity contribution in [3.63, 3.8) is 0 Å². The molecule has 0 unspecified atom stereocenters. The minimum Gasteiger partial charge on any atom is -0.342 e. The number of fused-ring (bicyclic) bond motifs is 1. The highest BCUT2D eigenvalue weighted by Crippen LogP contribution is 2.20. The summed E-state index contributed by atoms with van der Waals surface area (Å²) in [6, 6.07) is 5.57. The lowest BCUT2D eigenvalue weighted by Crippen LogP contribution is -2.69. The number of amides is 2. The van der Waals surface area contributed by atoms with Gasteiger partial charge in [0.05, 0.1) is 6.20 Å². The number of nitrogens with two attached hydrogens (primary N) is 1. The SMILES string of the molecule is NCCCC[C@@H]1NC(=O)[C@H]2CN(Cc3cnn(-c4ccccc4F)c3)CCN2C1=O. The molecule has 2 saturated heterocycles. The third-order valence-corrected chi connectivity index (χ3v) is 5.75. The van der Waals surface area contributed by atoms with Crippen LogP contribution in [0.1, 0.15) is 24.8 Å². The minimum absolute atomic E-state index is 0.00337. The highest BCUT2D eigenvalue weighted by atomic mass is 19.1. The summed E-state index contributed by atoms with van der Waals surface area (Å²) < 4.78 is 15.5. The molecule has 9 heteroatoms. The summed E-state index contributed by atoms with van der Waals surface area (Å²) in [6.45, 7) is 2.84. The Morgan fingerprint density at radius 3 is 2.83 bits per heavy atom. The van der Waals surface area contributed by atoms with E-state index in [2.05, 4.69) is 15.3 Å². The van der Waals surface area contributed by atoms with Crippen LogP contribution in [0.4, 0.5) is 4.39 Å². The van der Waals surface area contributed by atoms with Gasteiger partial charge in [-0.3, -0.25) is 14.5 Å². The second-order valence-electron chi connectivity index (χ2n) is 7.87. The average molecular weight is 414 g/mol. The zero-order valence-corrected chi connectivity index (χ0v) is 16.8. The smallest absolute Gasteiger partial charge is 0.245 e. The molecule has 2 aromatic rings. The van der Waals surface area contributed by atoms with Crippen LogP contribution in [0.25, 0.3) is 5.69 Å². The molecule has 0 saturated carbocycles. The number of aromatic nitrogens is 2. The number of nitrogens with one attached hydrogen (secondary N) is 1. The molecule has 2 aliphatic rings. The first-order chi connectivity index (χ1) is 14.6. The summed E-state index contributed by atoms with van der Waals surface area (Å²) in [7, 11) is 0. The monoisotopic (exact) mass is 414 g/mol. The zero-order valence-electron chi connectivity index (χ0n) is 16.8. The van der Waals surface area contributed by atoms with Crippen LogP contribution < -0.4 is 11.1 Å². The van der Waals surface area contributed by atoms with Gasteiger partial charge in [0.2, 0.25) is 11.8 Å². The number of halogens is 1. The molecule has 8 nitrogen and oxygen atoms in total. The van der Waals surface area contributed by atoms with Crippen LogP contribution >= 0.6 is 0 Å². The fourth-order valence-corrected chi connectivity index (χ4v) is 4.16. The number of para-hydroxylation sites is 1. The van der Waals surface area contributed by atoms with Crippen molar-refractivity contribution < 1.29 is 14.0 Å². The maximum absolute atomic E-state index is 14.0. The predicted octanol–water partition coefficient (Wildman–Crippen LogP) is 0.652. The summed E-state index contributed by atoms with van der Waals surface area (Å²) in [5.74, 6) is -0.429. The molecule has 2 amide bonds. The molecule has 3 heterocycles. The molecule has 1 aromatic carbocycles. The zero-order chi connectivity index (χ0) is 21.1. The molecule has 3 N–H and O–H groups in total. The summed E-state index contributed by atoms with van der Waals surface area (Å²) in [5.41, 5.74) is 6.84. The van der Waals surface area contributed by atoms with E-state index in [0.29, 0.717) is 44.8 Å². The normalized spacial score (nSPS) is 22.1. The van der Waals surface area contributed by atoms with E-state index >= 15 is 0 Å². The number of benzene rings is 1. The standard InChI is InChI=1S/C21H27FN6O2/c22-16-5-1-2-7-18(16)28-13-15(11-24-28)12-26-9-10-27-19(14-26)20(29)25-17(21(27)30)6-3-4-8-23/h1-2,5,7,11,13,17,19H,3-4,6,8-10,12,14,23H2,(H,25,29)/t17-,19+/m0/s1. The maximum atomic E-state index is 14.0. The highest BCUT2D eigenvalue weighted by Gasteiger charge is 2.43. The molecule has 0 radical (unpaired) electrons. The van der Waals surface area contributed by atoms with E-state index in [1.165, 1.54) is 10.7 Å². The molecule has 4 rings (SSSR count). The van der Waals surface area contributed by atoms with Crippen molar-refractivity contribution in [2.75, 3.05) is 26.2 Å². The van der Waals surface area contributed by atoms with Crippen LogP contribution in [-0.2, 0) is 16.1 Å². The predicted molar refractivity (Wildman–Crippen MR) is 109 cm³/mol. The van der Waals surface area contributed by atoms with Crippen molar-refractivity contribution in [2.24, 2.45) is 5.73 Å². The van der Waals surface area contributed by atoms with Gasteiger partial charge in [0.15, 0.2) is 0 Å². The lowest BCUT2D eigenvalue weighted by Gasteiger charge is -2.45. The van der Waals surface area contributed by atoms with Crippen molar-refractivity contribution >= 4 is 11.8 Å². The Kier molecular flexibility index (Phi) is 6.10. The van der Waals surface area contributed by atoms with Gasteiger partial charge in [-0.15, -0.1) is 0 Å². The third kappa shape index (κ3) is 4.22. The maximum Gasteiger partial charge on any atom is 0.245 e. The first-order valence-electron chi connectivity index (χ1n) is 10.4. The Labute approximate surface area is 174 Å². The van der Waals surface area contributed by atoms with Gasteiger partial charge in [-0.2, -0.15) is 5.10 Å². The Hall–Kier alpha value is -2.78. The summed E-state index contributed by atoms with van der Waals surface area (Å²) in [5, 5.41) is 7.15. The molecule has 2 fully saturated rings. The van der Waals surface area contributed by atoms with Gasteiger partial charge in [-0.25, -0.2) is 9.07 Å². The summed E-state index contributed by atoms with van der Waals surface area (Å²) >= 11 is 0. The van der Waals surface area contributed by atoms with E-state index < -0.39 is 12.1 Å². The van der Waals surface area contributed by atoms with Crippen LogP contribution in [0.15, 0.2) is 36.7 Å². The number of hydrogen-bond donors (Lipinski definition) is 2. The Morgan fingerprint density at radius 2 is 2.03 bits per heavy atom. The van der Waals surface area contributed by atoms with Crippen LogP contribution in [0.2, 0.25) is 0 Å². The molecular weight excluding hydrogens is 387 g/mol. The molecule has 0 spiro atoms. The molecular formula is C21H27FN6O2. The minimum atomic E-state index is -0.473. The van der Waals surface area contributed by atoms with Gasteiger partial charge in [0, 0.05) is 37.9 Å². The lowest BCUT2D eigenvalue weighted by molar-refractivity contribution is -0.153. The van der Waals surface area contributed by atoms with Crippen LogP contribution in [0.3, 0.4) is 0 Å². The third-order valence-electron chi connectivity index (χ3n) is 5.75. The number of rotatable bonds is 7. The van der Waals surface area contributed by atoms with Crippen LogP contribution in [0, 0.1) is 5.82 Å². The van der Waals surface area contributed by atoms with Gasteiger partial charge < -0.3 is 16.0 Å². The van der Waals surface area contributed by atoms with E-state index in [9.17, 15) is 14.0 Å². The molecule has 0 aliphatic carbocycles.